The molecule has 2 heterocycles. The first kappa shape index (κ1) is 17.0. The number of H-pyrrole nitrogens is 1. The number of carbonyl (C=O) groups excluding carboxylic acids is 1. The van der Waals surface area contributed by atoms with Crippen molar-refractivity contribution >= 4 is 28.2 Å². The Labute approximate surface area is 155 Å². The Morgan fingerprint density at radius 1 is 1.15 bits per heavy atom. The molecule has 0 spiro atoms. The summed E-state index contributed by atoms with van der Waals surface area (Å²) >= 11 is 0. The lowest BCUT2D eigenvalue weighted by atomic mass is 10.1. The number of nitro benzene ring substituents is 1. The van der Waals surface area contributed by atoms with Crippen LogP contribution in [0.1, 0.15) is 16.1 Å². The molecular formula is C19H19N5O3. The van der Waals surface area contributed by atoms with Crippen LogP contribution in [0.25, 0.3) is 10.9 Å². The molecule has 2 aromatic carbocycles. The van der Waals surface area contributed by atoms with Gasteiger partial charge in [0, 0.05) is 49.4 Å². The summed E-state index contributed by atoms with van der Waals surface area (Å²) in [5.41, 5.74) is 3.15. The summed E-state index contributed by atoms with van der Waals surface area (Å²) < 4.78 is 0. The summed E-state index contributed by atoms with van der Waals surface area (Å²) in [7, 11) is 0. The van der Waals surface area contributed by atoms with Crippen LogP contribution in [0, 0.1) is 17.0 Å². The van der Waals surface area contributed by atoms with Crippen LogP contribution in [-0.2, 0) is 0 Å². The van der Waals surface area contributed by atoms with Crippen LogP contribution in [0.4, 0.5) is 11.4 Å². The zero-order valence-corrected chi connectivity index (χ0v) is 14.9. The first-order valence-corrected chi connectivity index (χ1v) is 8.76. The first-order chi connectivity index (χ1) is 13.0. The molecule has 1 saturated heterocycles. The topological polar surface area (TPSA) is 95.4 Å². The maximum absolute atomic E-state index is 12.9. The molecule has 27 heavy (non-hydrogen) atoms. The Hall–Kier alpha value is -3.42. The zero-order valence-electron chi connectivity index (χ0n) is 14.9. The van der Waals surface area contributed by atoms with E-state index >= 15 is 0 Å². The number of hydrogen-bond donors (Lipinski definition) is 1. The van der Waals surface area contributed by atoms with Gasteiger partial charge in [0.15, 0.2) is 5.69 Å². The lowest BCUT2D eigenvalue weighted by molar-refractivity contribution is -0.384. The normalized spacial score (nSPS) is 14.6. The maximum Gasteiger partial charge on any atom is 0.275 e. The minimum atomic E-state index is -0.471. The predicted octanol–water partition coefficient (Wildman–Crippen LogP) is 2.74. The summed E-state index contributed by atoms with van der Waals surface area (Å²) in [4.78, 5) is 27.5. The van der Waals surface area contributed by atoms with Crippen LogP contribution < -0.4 is 4.90 Å². The standard InChI is InChI=1S/C19H19N5O3/c1-13-3-2-4-14(11-13)22-7-9-23(10-8-22)19(25)18-16-12-15(24(26)27)5-6-17(16)20-21-18/h2-6,11-12H,7-10H2,1H3,(H,20,21). The highest BCUT2D eigenvalue weighted by atomic mass is 16.6. The van der Waals surface area contributed by atoms with Crippen LogP contribution in [0.15, 0.2) is 42.5 Å². The molecule has 1 aliphatic rings. The third kappa shape index (κ3) is 3.21. The fourth-order valence-corrected chi connectivity index (χ4v) is 3.42. The lowest BCUT2D eigenvalue weighted by Crippen LogP contribution is -2.49. The van der Waals surface area contributed by atoms with E-state index in [0.29, 0.717) is 24.0 Å². The monoisotopic (exact) mass is 365 g/mol. The van der Waals surface area contributed by atoms with Crippen molar-refractivity contribution in [3.63, 3.8) is 0 Å². The molecule has 0 atom stereocenters. The minimum Gasteiger partial charge on any atom is -0.368 e. The number of rotatable bonds is 3. The van der Waals surface area contributed by atoms with Crippen LogP contribution in [0.3, 0.4) is 0 Å². The van der Waals surface area contributed by atoms with E-state index in [2.05, 4.69) is 40.2 Å². The Morgan fingerprint density at radius 3 is 2.63 bits per heavy atom. The second-order valence-corrected chi connectivity index (χ2v) is 6.68. The number of nitro groups is 1. The summed E-state index contributed by atoms with van der Waals surface area (Å²) in [6.07, 6.45) is 0. The highest BCUT2D eigenvalue weighted by Crippen LogP contribution is 2.24. The lowest BCUT2D eigenvalue weighted by Gasteiger charge is -2.36. The van der Waals surface area contributed by atoms with Crippen LogP contribution in [0.5, 0.6) is 0 Å². The number of anilines is 1. The highest BCUT2D eigenvalue weighted by Gasteiger charge is 2.26. The number of nitrogens with zero attached hydrogens (tertiary/aromatic N) is 4. The SMILES string of the molecule is Cc1cccc(N2CCN(C(=O)c3n[nH]c4ccc([N+](=O)[O-])cc34)CC2)c1. The molecule has 138 valence electrons. The van der Waals surface area contributed by atoms with Gasteiger partial charge in [0.2, 0.25) is 0 Å². The molecule has 0 saturated carbocycles. The number of fused-ring (bicyclic) bond motifs is 1. The summed E-state index contributed by atoms with van der Waals surface area (Å²) in [6.45, 7) is 4.69. The van der Waals surface area contributed by atoms with E-state index in [1.807, 2.05) is 6.07 Å². The van der Waals surface area contributed by atoms with Crippen molar-refractivity contribution in [2.75, 3.05) is 31.1 Å². The fourth-order valence-electron chi connectivity index (χ4n) is 3.42. The van der Waals surface area contributed by atoms with E-state index in [0.717, 1.165) is 18.8 Å². The van der Waals surface area contributed by atoms with Gasteiger partial charge in [-0.1, -0.05) is 12.1 Å². The number of carbonyl (C=O) groups is 1. The summed E-state index contributed by atoms with van der Waals surface area (Å²) in [5.74, 6) is -0.203. The molecule has 1 fully saturated rings. The van der Waals surface area contributed by atoms with Crippen molar-refractivity contribution in [2.24, 2.45) is 0 Å². The van der Waals surface area contributed by atoms with E-state index in [1.165, 1.54) is 17.7 Å². The van der Waals surface area contributed by atoms with Crippen molar-refractivity contribution < 1.29 is 9.72 Å². The molecule has 0 bridgehead atoms. The van der Waals surface area contributed by atoms with Crippen molar-refractivity contribution in [3.05, 3.63) is 63.8 Å². The highest BCUT2D eigenvalue weighted by molar-refractivity contribution is 6.05. The number of piperazine rings is 1. The van der Waals surface area contributed by atoms with Gasteiger partial charge in [0.05, 0.1) is 10.4 Å². The zero-order chi connectivity index (χ0) is 19.0. The first-order valence-electron chi connectivity index (χ1n) is 8.76. The largest absolute Gasteiger partial charge is 0.368 e. The molecule has 4 rings (SSSR count). The van der Waals surface area contributed by atoms with Crippen molar-refractivity contribution in [1.82, 2.24) is 15.1 Å². The number of aromatic amines is 1. The Kier molecular flexibility index (Phi) is 4.23. The van der Waals surface area contributed by atoms with Gasteiger partial charge in [-0.05, 0) is 30.7 Å². The maximum atomic E-state index is 12.9. The van der Waals surface area contributed by atoms with Gasteiger partial charge in [-0.15, -0.1) is 0 Å². The number of benzene rings is 2. The van der Waals surface area contributed by atoms with Crippen molar-refractivity contribution in [2.45, 2.75) is 6.92 Å². The number of aromatic nitrogens is 2. The van der Waals surface area contributed by atoms with Gasteiger partial charge in [0.25, 0.3) is 11.6 Å². The van der Waals surface area contributed by atoms with E-state index in [1.54, 1.807) is 11.0 Å². The summed E-state index contributed by atoms with van der Waals surface area (Å²) in [5, 5.41) is 18.4. The summed E-state index contributed by atoms with van der Waals surface area (Å²) in [6, 6.07) is 12.7. The quantitative estimate of drug-likeness (QED) is 0.569. The van der Waals surface area contributed by atoms with E-state index in [-0.39, 0.29) is 17.3 Å². The third-order valence-corrected chi connectivity index (χ3v) is 4.89. The van der Waals surface area contributed by atoms with Gasteiger partial charge in [-0.2, -0.15) is 5.10 Å². The van der Waals surface area contributed by atoms with Gasteiger partial charge < -0.3 is 9.80 Å². The smallest absolute Gasteiger partial charge is 0.275 e. The van der Waals surface area contributed by atoms with Gasteiger partial charge in [-0.3, -0.25) is 20.0 Å². The second kappa shape index (κ2) is 6.71. The Morgan fingerprint density at radius 2 is 1.93 bits per heavy atom. The molecule has 0 unspecified atom stereocenters. The number of nitrogens with one attached hydrogen (secondary N) is 1. The molecule has 3 aromatic rings. The molecule has 0 aliphatic carbocycles. The van der Waals surface area contributed by atoms with E-state index in [4.69, 9.17) is 0 Å². The van der Waals surface area contributed by atoms with Crippen molar-refractivity contribution in [1.29, 1.82) is 0 Å². The number of aryl methyl sites for hydroxylation is 1. The van der Waals surface area contributed by atoms with E-state index in [9.17, 15) is 14.9 Å². The van der Waals surface area contributed by atoms with E-state index < -0.39 is 4.92 Å². The molecule has 0 radical (unpaired) electrons. The average molecular weight is 365 g/mol. The minimum absolute atomic E-state index is 0.0535. The average Bonchev–Trinajstić information content (AvgIpc) is 3.10. The molecule has 8 nitrogen and oxygen atoms in total. The Balaban J connectivity index is 1.52. The number of hydrogen-bond acceptors (Lipinski definition) is 5. The fraction of sp³-hybridized carbons (Fsp3) is 0.263. The second-order valence-electron chi connectivity index (χ2n) is 6.68. The molecule has 8 heteroatoms. The predicted molar refractivity (Wildman–Crippen MR) is 102 cm³/mol. The van der Waals surface area contributed by atoms with Crippen molar-refractivity contribution in [3.8, 4) is 0 Å². The number of amides is 1. The molecule has 1 N–H and O–H groups in total. The van der Waals surface area contributed by atoms with Gasteiger partial charge in [0.1, 0.15) is 0 Å². The third-order valence-electron chi connectivity index (χ3n) is 4.89. The number of non-ortho nitro benzene ring substituents is 1. The molecule has 1 aromatic heterocycles. The Bertz CT molecular complexity index is 1020. The molecule has 1 aliphatic heterocycles. The molecule has 1 amide bonds. The van der Waals surface area contributed by atoms with Gasteiger partial charge >= 0.3 is 0 Å². The van der Waals surface area contributed by atoms with Crippen LogP contribution in [-0.4, -0.2) is 52.1 Å². The van der Waals surface area contributed by atoms with Gasteiger partial charge in [-0.25, -0.2) is 0 Å². The van der Waals surface area contributed by atoms with Crippen LogP contribution >= 0.6 is 0 Å². The van der Waals surface area contributed by atoms with Crippen LogP contribution in [0.2, 0.25) is 0 Å². The molecular weight excluding hydrogens is 346 g/mol.